The van der Waals surface area contributed by atoms with Crippen molar-refractivity contribution in [3.05, 3.63) is 0 Å². The van der Waals surface area contributed by atoms with Crippen LogP contribution in [0.5, 0.6) is 0 Å². The van der Waals surface area contributed by atoms with Gasteiger partial charge in [-0.25, -0.2) is 14.4 Å². The third-order valence-electron chi connectivity index (χ3n) is 0.696. The van der Waals surface area contributed by atoms with Crippen molar-refractivity contribution in [2.75, 3.05) is 0 Å². The molecule has 12 heavy (non-hydrogen) atoms. The summed E-state index contributed by atoms with van der Waals surface area (Å²) in [5.41, 5.74) is 0. The van der Waals surface area contributed by atoms with Crippen LogP contribution in [0.4, 0.5) is 9.59 Å². The van der Waals surface area contributed by atoms with Gasteiger partial charge in [0.15, 0.2) is 0 Å². The minimum atomic E-state index is -1.89. The first-order valence-corrected chi connectivity index (χ1v) is 2.78. The second-order valence-electron chi connectivity index (χ2n) is 1.72. The summed E-state index contributed by atoms with van der Waals surface area (Å²) >= 11 is 0. The zero-order valence-corrected chi connectivity index (χ0v) is 6.01. The van der Waals surface area contributed by atoms with Crippen LogP contribution in [-0.2, 0) is 14.3 Å². The molecule has 0 aliphatic rings. The van der Waals surface area contributed by atoms with Crippen molar-refractivity contribution in [3.8, 4) is 0 Å². The van der Waals surface area contributed by atoms with Crippen molar-refractivity contribution in [2.45, 2.75) is 13.0 Å². The lowest BCUT2D eigenvalue weighted by molar-refractivity contribution is -0.147. The minimum Gasteiger partial charge on any atom is -0.449 e. The zero-order chi connectivity index (χ0) is 9.72. The first-order valence-electron chi connectivity index (χ1n) is 2.78. The Bertz CT molecular complexity index is 206. The molecule has 0 heterocycles. The van der Waals surface area contributed by atoms with E-state index in [1.165, 1.54) is 0 Å². The Morgan fingerprint density at radius 3 is 2.08 bits per heavy atom. The molecule has 0 rings (SSSR count). The van der Waals surface area contributed by atoms with Crippen LogP contribution in [0.2, 0.25) is 0 Å². The first-order chi connectivity index (χ1) is 5.43. The third-order valence-corrected chi connectivity index (χ3v) is 0.696. The van der Waals surface area contributed by atoms with Crippen LogP contribution in [0.15, 0.2) is 0 Å². The summed E-state index contributed by atoms with van der Waals surface area (Å²) in [6, 6.07) is 0. The number of rotatable bonds is 1. The van der Waals surface area contributed by atoms with Crippen LogP contribution >= 0.6 is 0 Å². The molecule has 7 heteroatoms. The topological polar surface area (TPSA) is 110 Å². The monoisotopic (exact) mass is 178 g/mol. The van der Waals surface area contributed by atoms with Crippen molar-refractivity contribution < 1.29 is 34.1 Å². The molecule has 0 fully saturated rings. The second kappa shape index (κ2) is 4.29. The van der Waals surface area contributed by atoms with Crippen LogP contribution in [0.3, 0.4) is 0 Å². The Labute approximate surface area is 66.5 Å². The summed E-state index contributed by atoms with van der Waals surface area (Å²) in [6.45, 7) is 1.05. The molecule has 0 aliphatic heterocycles. The molecule has 0 aromatic carbocycles. The van der Waals surface area contributed by atoms with Gasteiger partial charge in [0, 0.05) is 0 Å². The van der Waals surface area contributed by atoms with Crippen molar-refractivity contribution in [2.24, 2.45) is 0 Å². The third kappa shape index (κ3) is 4.23. The average molecular weight is 178 g/mol. The molecule has 0 saturated carbocycles. The SMILES string of the molecule is CC(O)C(=O)OC(=O)OC(=O)O. The number of esters is 1. The summed E-state index contributed by atoms with van der Waals surface area (Å²) in [6.07, 6.45) is -5.09. The van der Waals surface area contributed by atoms with E-state index < -0.39 is 24.4 Å². The fourth-order valence-electron chi connectivity index (χ4n) is 0.260. The van der Waals surface area contributed by atoms with Gasteiger partial charge in [-0.15, -0.1) is 0 Å². The van der Waals surface area contributed by atoms with E-state index in [0.29, 0.717) is 0 Å². The molecule has 7 nitrogen and oxygen atoms in total. The molecule has 0 aromatic rings. The Hall–Kier alpha value is -1.63. The first kappa shape index (κ1) is 10.4. The van der Waals surface area contributed by atoms with E-state index in [0.717, 1.165) is 6.92 Å². The van der Waals surface area contributed by atoms with Crippen molar-refractivity contribution >= 4 is 18.3 Å². The highest BCUT2D eigenvalue weighted by Crippen LogP contribution is 1.91. The Balaban J connectivity index is 3.85. The lowest BCUT2D eigenvalue weighted by atomic mass is 10.4. The maximum Gasteiger partial charge on any atom is 0.526 e. The molecule has 2 N–H and O–H groups in total. The highest BCUT2D eigenvalue weighted by Gasteiger charge is 2.18. The van der Waals surface area contributed by atoms with E-state index in [1.54, 1.807) is 0 Å². The average Bonchev–Trinajstić information content (AvgIpc) is 1.84. The second-order valence-corrected chi connectivity index (χ2v) is 1.72. The number of hydrogen-bond donors (Lipinski definition) is 2. The van der Waals surface area contributed by atoms with Gasteiger partial charge in [0.05, 0.1) is 0 Å². The maximum absolute atomic E-state index is 10.4. The summed E-state index contributed by atoms with van der Waals surface area (Å²) in [7, 11) is 0. The largest absolute Gasteiger partial charge is 0.526 e. The van der Waals surface area contributed by atoms with Crippen LogP contribution in [0.25, 0.3) is 0 Å². The number of hydrogen-bond acceptors (Lipinski definition) is 6. The molecule has 0 saturated heterocycles. The fraction of sp³-hybridized carbons (Fsp3) is 0.400. The van der Waals surface area contributed by atoms with Crippen LogP contribution in [-0.4, -0.2) is 34.6 Å². The van der Waals surface area contributed by atoms with Crippen LogP contribution < -0.4 is 0 Å². The van der Waals surface area contributed by atoms with Crippen LogP contribution in [0.1, 0.15) is 6.92 Å². The van der Waals surface area contributed by atoms with Gasteiger partial charge in [0.1, 0.15) is 6.10 Å². The van der Waals surface area contributed by atoms with E-state index in [-0.39, 0.29) is 0 Å². The molecular formula is C5H6O7. The standard InChI is InChI=1S/C5H6O7/c1-2(6)3(7)11-5(10)12-4(8)9/h2,6H,1H3,(H,8,9). The number of carbonyl (C=O) groups is 3. The molecule has 0 aliphatic carbocycles. The van der Waals surface area contributed by atoms with Gasteiger partial charge in [-0.3, -0.25) is 0 Å². The minimum absolute atomic E-state index is 1.05. The Morgan fingerprint density at radius 1 is 1.25 bits per heavy atom. The number of aliphatic hydroxyl groups excluding tert-OH is 1. The molecule has 1 unspecified atom stereocenters. The molecule has 0 radical (unpaired) electrons. The predicted octanol–water partition coefficient (Wildman–Crippen LogP) is -0.275. The predicted molar refractivity (Wildman–Crippen MR) is 32.3 cm³/mol. The maximum atomic E-state index is 10.4. The van der Waals surface area contributed by atoms with Gasteiger partial charge in [0.2, 0.25) is 0 Å². The van der Waals surface area contributed by atoms with Gasteiger partial charge < -0.3 is 19.7 Å². The zero-order valence-electron chi connectivity index (χ0n) is 6.01. The van der Waals surface area contributed by atoms with Gasteiger partial charge >= 0.3 is 18.3 Å². The molecular weight excluding hydrogens is 172 g/mol. The number of carboxylic acid groups (broad SMARTS) is 1. The quantitative estimate of drug-likeness (QED) is 0.419. The van der Waals surface area contributed by atoms with E-state index in [2.05, 4.69) is 9.47 Å². The smallest absolute Gasteiger partial charge is 0.449 e. The normalized spacial score (nSPS) is 11.5. The van der Waals surface area contributed by atoms with Crippen molar-refractivity contribution in [1.82, 2.24) is 0 Å². The number of carbonyl (C=O) groups excluding carboxylic acids is 2. The Morgan fingerprint density at radius 2 is 1.75 bits per heavy atom. The molecule has 0 bridgehead atoms. The van der Waals surface area contributed by atoms with Gasteiger partial charge in [0.25, 0.3) is 0 Å². The summed E-state index contributed by atoms with van der Waals surface area (Å²) in [5.74, 6) is -1.28. The van der Waals surface area contributed by atoms with Gasteiger partial charge in [-0.2, -0.15) is 0 Å². The van der Waals surface area contributed by atoms with E-state index in [1.807, 2.05) is 0 Å². The molecule has 68 valence electrons. The molecule has 1 atom stereocenters. The summed E-state index contributed by atoms with van der Waals surface area (Å²) < 4.78 is 7.09. The highest BCUT2D eigenvalue weighted by molar-refractivity contribution is 5.87. The van der Waals surface area contributed by atoms with E-state index >= 15 is 0 Å². The lowest BCUT2D eigenvalue weighted by Crippen LogP contribution is -2.24. The number of ether oxygens (including phenoxy) is 2. The van der Waals surface area contributed by atoms with E-state index in [9.17, 15) is 14.4 Å². The summed E-state index contributed by atoms with van der Waals surface area (Å²) in [5, 5.41) is 16.3. The van der Waals surface area contributed by atoms with Gasteiger partial charge in [-0.05, 0) is 6.92 Å². The molecule has 0 aromatic heterocycles. The van der Waals surface area contributed by atoms with Crippen LogP contribution in [0, 0.1) is 0 Å². The summed E-state index contributed by atoms with van der Waals surface area (Å²) in [4.78, 5) is 30.2. The van der Waals surface area contributed by atoms with Crippen molar-refractivity contribution in [1.29, 1.82) is 0 Å². The number of aliphatic hydroxyl groups is 1. The Kier molecular flexibility index (Phi) is 3.71. The fourth-order valence-corrected chi connectivity index (χ4v) is 0.260. The van der Waals surface area contributed by atoms with Gasteiger partial charge in [-0.1, -0.05) is 0 Å². The van der Waals surface area contributed by atoms with E-state index in [4.69, 9.17) is 10.2 Å². The molecule has 0 amide bonds. The lowest BCUT2D eigenvalue weighted by Gasteiger charge is -2.01. The van der Waals surface area contributed by atoms with Crippen molar-refractivity contribution in [3.63, 3.8) is 0 Å². The highest BCUT2D eigenvalue weighted by atomic mass is 16.8. The molecule has 0 spiro atoms.